The second kappa shape index (κ2) is 6.49. The van der Waals surface area contributed by atoms with Crippen molar-refractivity contribution in [1.82, 2.24) is 5.32 Å². The summed E-state index contributed by atoms with van der Waals surface area (Å²) in [7, 11) is 0. The predicted octanol–water partition coefficient (Wildman–Crippen LogP) is 3.14. The van der Waals surface area contributed by atoms with Gasteiger partial charge >= 0.3 is 0 Å². The minimum absolute atomic E-state index is 0.0824. The Morgan fingerprint density at radius 2 is 2.06 bits per heavy atom. The van der Waals surface area contributed by atoms with Crippen molar-refractivity contribution in [1.29, 1.82) is 0 Å². The van der Waals surface area contributed by atoms with Crippen LogP contribution in [0.3, 0.4) is 0 Å². The normalized spacial score (nSPS) is 14.5. The Bertz CT molecular complexity index is 311. The fourth-order valence-electron chi connectivity index (χ4n) is 2.18. The summed E-state index contributed by atoms with van der Waals surface area (Å²) >= 11 is 0. The third-order valence-corrected chi connectivity index (χ3v) is 3.21. The van der Waals surface area contributed by atoms with Gasteiger partial charge in [0.25, 0.3) is 0 Å². The molecule has 0 bridgehead atoms. The van der Waals surface area contributed by atoms with Crippen molar-refractivity contribution >= 4 is 5.91 Å². The summed E-state index contributed by atoms with van der Waals surface area (Å²) in [5, 5.41) is 2.88. The molecule has 2 heteroatoms. The topological polar surface area (TPSA) is 29.1 Å². The van der Waals surface area contributed by atoms with Crippen LogP contribution in [0.15, 0.2) is 12.7 Å². The zero-order chi connectivity index (χ0) is 13.5. The summed E-state index contributed by atoms with van der Waals surface area (Å²) in [6.07, 6.45) is 9.47. The Balaban J connectivity index is 4.52. The van der Waals surface area contributed by atoms with Crippen LogP contribution in [0.25, 0.3) is 0 Å². The number of hydrogen-bond donors (Lipinski definition) is 1. The summed E-state index contributed by atoms with van der Waals surface area (Å²) in [5.41, 5.74) is 0.192. The van der Waals surface area contributed by atoms with Gasteiger partial charge in [0.15, 0.2) is 0 Å². The Labute approximate surface area is 106 Å². The summed E-state index contributed by atoms with van der Waals surface area (Å²) in [4.78, 5) is 11.2. The highest BCUT2D eigenvalue weighted by atomic mass is 16.1. The van der Waals surface area contributed by atoms with E-state index in [4.69, 9.17) is 6.42 Å². The van der Waals surface area contributed by atoms with Crippen molar-refractivity contribution < 1.29 is 4.79 Å². The van der Waals surface area contributed by atoms with E-state index in [-0.39, 0.29) is 16.7 Å². The largest absolute Gasteiger partial charge is 0.352 e. The molecule has 1 unspecified atom stereocenters. The standard InChI is InChI=1S/C15H25NO/c1-7-10-14(4,5)11-15(6,9-3)12-16-13(17)8-2/h1,8H,2,9-12H2,3-6H3,(H,16,17). The van der Waals surface area contributed by atoms with Crippen LogP contribution in [0.1, 0.15) is 47.0 Å². The fourth-order valence-corrected chi connectivity index (χ4v) is 2.18. The maximum absolute atomic E-state index is 11.2. The highest BCUT2D eigenvalue weighted by Gasteiger charge is 2.30. The zero-order valence-corrected chi connectivity index (χ0v) is 11.6. The van der Waals surface area contributed by atoms with Crippen LogP contribution < -0.4 is 5.32 Å². The van der Waals surface area contributed by atoms with Crippen LogP contribution in [-0.2, 0) is 4.79 Å². The van der Waals surface area contributed by atoms with Gasteiger partial charge in [-0.1, -0.05) is 34.3 Å². The fraction of sp³-hybridized carbons (Fsp3) is 0.667. The van der Waals surface area contributed by atoms with E-state index in [1.54, 1.807) is 0 Å². The van der Waals surface area contributed by atoms with E-state index < -0.39 is 0 Å². The smallest absolute Gasteiger partial charge is 0.243 e. The first-order valence-electron chi connectivity index (χ1n) is 6.12. The number of hydrogen-bond acceptors (Lipinski definition) is 1. The predicted molar refractivity (Wildman–Crippen MR) is 73.5 cm³/mol. The molecule has 2 nitrogen and oxygen atoms in total. The highest BCUT2D eigenvalue weighted by Crippen LogP contribution is 2.37. The van der Waals surface area contributed by atoms with Crippen LogP contribution in [0.2, 0.25) is 0 Å². The maximum Gasteiger partial charge on any atom is 0.243 e. The molecule has 0 aromatic carbocycles. The van der Waals surface area contributed by atoms with Gasteiger partial charge in [0.1, 0.15) is 0 Å². The average Bonchev–Trinajstić information content (AvgIpc) is 2.25. The Kier molecular flexibility index (Phi) is 6.02. The van der Waals surface area contributed by atoms with Crippen LogP contribution >= 0.6 is 0 Å². The summed E-state index contributed by atoms with van der Waals surface area (Å²) in [6, 6.07) is 0. The van der Waals surface area contributed by atoms with Crippen LogP contribution in [0.4, 0.5) is 0 Å². The number of rotatable bonds is 7. The number of amides is 1. The summed E-state index contributed by atoms with van der Waals surface area (Å²) in [6.45, 7) is 12.8. The van der Waals surface area contributed by atoms with Crippen molar-refractivity contribution in [2.45, 2.75) is 47.0 Å². The minimum atomic E-state index is -0.112. The van der Waals surface area contributed by atoms with Gasteiger partial charge in [-0.05, 0) is 29.7 Å². The van der Waals surface area contributed by atoms with Gasteiger partial charge in [-0.15, -0.1) is 12.3 Å². The van der Waals surface area contributed by atoms with E-state index in [9.17, 15) is 4.79 Å². The van der Waals surface area contributed by atoms with Gasteiger partial charge in [-0.25, -0.2) is 0 Å². The number of terminal acetylenes is 1. The van der Waals surface area contributed by atoms with Gasteiger partial charge in [-0.2, -0.15) is 0 Å². The highest BCUT2D eigenvalue weighted by molar-refractivity contribution is 5.86. The van der Waals surface area contributed by atoms with Crippen molar-refractivity contribution in [3.63, 3.8) is 0 Å². The lowest BCUT2D eigenvalue weighted by Gasteiger charge is -2.36. The molecule has 0 saturated carbocycles. The first kappa shape index (κ1) is 15.8. The molecule has 1 atom stereocenters. The van der Waals surface area contributed by atoms with Crippen molar-refractivity contribution in [3.05, 3.63) is 12.7 Å². The van der Waals surface area contributed by atoms with Gasteiger partial charge in [0, 0.05) is 13.0 Å². The molecule has 17 heavy (non-hydrogen) atoms. The average molecular weight is 235 g/mol. The molecule has 0 aromatic heterocycles. The Morgan fingerprint density at radius 1 is 1.47 bits per heavy atom. The van der Waals surface area contributed by atoms with Gasteiger partial charge in [-0.3, -0.25) is 4.79 Å². The lowest BCUT2D eigenvalue weighted by molar-refractivity contribution is -0.117. The lowest BCUT2D eigenvalue weighted by atomic mass is 9.71. The molecular weight excluding hydrogens is 210 g/mol. The third-order valence-electron chi connectivity index (χ3n) is 3.21. The van der Waals surface area contributed by atoms with E-state index in [1.165, 1.54) is 6.08 Å². The molecule has 0 aliphatic rings. The molecule has 0 saturated heterocycles. The van der Waals surface area contributed by atoms with Gasteiger partial charge < -0.3 is 5.32 Å². The van der Waals surface area contributed by atoms with Crippen LogP contribution in [0.5, 0.6) is 0 Å². The van der Waals surface area contributed by atoms with E-state index in [1.807, 2.05) is 0 Å². The first-order chi connectivity index (χ1) is 7.78. The molecule has 1 amide bonds. The van der Waals surface area contributed by atoms with Crippen LogP contribution in [-0.4, -0.2) is 12.5 Å². The Hall–Kier alpha value is -1.23. The molecule has 0 radical (unpaired) electrons. The second-order valence-electron chi connectivity index (χ2n) is 5.81. The van der Waals surface area contributed by atoms with Gasteiger partial charge in [0.05, 0.1) is 0 Å². The quantitative estimate of drug-likeness (QED) is 0.533. The lowest BCUT2D eigenvalue weighted by Crippen LogP contribution is -2.37. The van der Waals surface area contributed by atoms with E-state index in [0.717, 1.165) is 19.3 Å². The number of carbonyl (C=O) groups excluding carboxylic acids is 1. The Morgan fingerprint density at radius 3 is 2.47 bits per heavy atom. The second-order valence-corrected chi connectivity index (χ2v) is 5.81. The van der Waals surface area contributed by atoms with E-state index in [2.05, 4.69) is 45.5 Å². The number of nitrogens with one attached hydrogen (secondary N) is 1. The summed E-state index contributed by atoms with van der Waals surface area (Å²) < 4.78 is 0. The van der Waals surface area contributed by atoms with Gasteiger partial charge in [0.2, 0.25) is 5.91 Å². The number of carbonyl (C=O) groups is 1. The third kappa shape index (κ3) is 6.16. The van der Waals surface area contributed by atoms with Crippen molar-refractivity contribution in [2.24, 2.45) is 10.8 Å². The van der Waals surface area contributed by atoms with Crippen molar-refractivity contribution in [3.8, 4) is 12.3 Å². The SMILES string of the molecule is C#CCC(C)(C)CC(C)(CC)CNC(=O)C=C. The molecule has 0 fully saturated rings. The molecule has 0 spiro atoms. The monoisotopic (exact) mass is 235 g/mol. The first-order valence-corrected chi connectivity index (χ1v) is 6.12. The molecular formula is C15H25NO. The van der Waals surface area contributed by atoms with E-state index >= 15 is 0 Å². The van der Waals surface area contributed by atoms with Crippen molar-refractivity contribution in [2.75, 3.05) is 6.54 Å². The molecule has 0 aromatic rings. The molecule has 0 rings (SSSR count). The molecule has 0 aliphatic heterocycles. The minimum Gasteiger partial charge on any atom is -0.352 e. The molecule has 1 N–H and O–H groups in total. The maximum atomic E-state index is 11.2. The molecule has 96 valence electrons. The summed E-state index contributed by atoms with van der Waals surface area (Å²) in [5.74, 6) is 2.62. The molecule has 0 aliphatic carbocycles. The zero-order valence-electron chi connectivity index (χ0n) is 11.6. The molecule has 0 heterocycles. The van der Waals surface area contributed by atoms with Crippen LogP contribution in [0, 0.1) is 23.2 Å². The van der Waals surface area contributed by atoms with E-state index in [0.29, 0.717) is 6.54 Å².